The molecule has 0 unspecified atom stereocenters. The van der Waals surface area contributed by atoms with Crippen LogP contribution in [0.2, 0.25) is 0 Å². The third-order valence-corrected chi connectivity index (χ3v) is 6.86. The van der Waals surface area contributed by atoms with Crippen LogP contribution in [0.25, 0.3) is 11.3 Å². The number of amides is 1. The number of esters is 1. The molecule has 212 valence electrons. The smallest absolute Gasteiger partial charge is 0.416 e. The number of benzene rings is 1. The van der Waals surface area contributed by atoms with Crippen LogP contribution in [0.15, 0.2) is 30.5 Å². The second kappa shape index (κ2) is 13.2. The number of halogens is 3. The Morgan fingerprint density at radius 3 is 2.38 bits per heavy atom. The van der Waals surface area contributed by atoms with Crippen molar-refractivity contribution in [3.63, 3.8) is 0 Å². The molecule has 10 nitrogen and oxygen atoms in total. The summed E-state index contributed by atoms with van der Waals surface area (Å²) in [5, 5.41) is 11.2. The lowest BCUT2D eigenvalue weighted by atomic mass is 9.93. The zero-order valence-corrected chi connectivity index (χ0v) is 21.8. The van der Waals surface area contributed by atoms with Gasteiger partial charge in [-0.1, -0.05) is 12.1 Å². The molecule has 1 saturated heterocycles. The number of ether oxygens (including phenoxy) is 2. The fraction of sp³-hybridized carbons (Fsp3) is 0.577. The Morgan fingerprint density at radius 1 is 1.05 bits per heavy atom. The van der Waals surface area contributed by atoms with E-state index in [2.05, 4.69) is 25.4 Å². The Hall–Kier alpha value is -3.32. The second-order valence-electron chi connectivity index (χ2n) is 9.64. The molecular formula is C26H33F3N6O4. The quantitative estimate of drug-likeness (QED) is 0.472. The van der Waals surface area contributed by atoms with Crippen LogP contribution in [-0.2, 0) is 25.2 Å². The Labute approximate surface area is 224 Å². The van der Waals surface area contributed by atoms with Gasteiger partial charge in [0.1, 0.15) is 6.61 Å². The molecule has 39 heavy (non-hydrogen) atoms. The average molecular weight is 551 g/mol. The van der Waals surface area contributed by atoms with Gasteiger partial charge in [0.15, 0.2) is 0 Å². The Balaban J connectivity index is 1.19. The van der Waals surface area contributed by atoms with Gasteiger partial charge in [-0.05, 0) is 44.7 Å². The lowest BCUT2D eigenvalue weighted by Crippen LogP contribution is -2.51. The molecule has 0 spiro atoms. The highest BCUT2D eigenvalue weighted by Gasteiger charge is 2.30. The van der Waals surface area contributed by atoms with E-state index in [0.29, 0.717) is 50.0 Å². The lowest BCUT2D eigenvalue weighted by Gasteiger charge is -2.35. The molecule has 13 heteroatoms. The minimum absolute atomic E-state index is 0.00472. The minimum atomic E-state index is -4.40. The van der Waals surface area contributed by atoms with Crippen LogP contribution in [-0.4, -0.2) is 90.0 Å². The molecule has 1 amide bonds. The van der Waals surface area contributed by atoms with Gasteiger partial charge >= 0.3 is 12.1 Å². The predicted molar refractivity (Wildman–Crippen MR) is 136 cm³/mol. The number of nitrogens with zero attached hydrogens (tertiary/aromatic N) is 5. The summed E-state index contributed by atoms with van der Waals surface area (Å²) in [5.74, 6) is 0.0164. The van der Waals surface area contributed by atoms with Crippen molar-refractivity contribution in [2.75, 3.05) is 50.8 Å². The van der Waals surface area contributed by atoms with Gasteiger partial charge in [0.25, 0.3) is 0 Å². The highest BCUT2D eigenvalue weighted by molar-refractivity contribution is 5.78. The summed E-state index contributed by atoms with van der Waals surface area (Å²) in [4.78, 5) is 32.6. The molecule has 0 bridgehead atoms. The Kier molecular flexibility index (Phi) is 9.68. The van der Waals surface area contributed by atoms with Gasteiger partial charge < -0.3 is 19.7 Å². The van der Waals surface area contributed by atoms with E-state index in [9.17, 15) is 22.8 Å². The van der Waals surface area contributed by atoms with Crippen LogP contribution in [0, 0.1) is 0 Å². The van der Waals surface area contributed by atoms with Crippen molar-refractivity contribution in [3.8, 4) is 11.3 Å². The first-order chi connectivity index (χ1) is 18.7. The van der Waals surface area contributed by atoms with Gasteiger partial charge in [-0.25, -0.2) is 9.78 Å². The third kappa shape index (κ3) is 8.33. The van der Waals surface area contributed by atoms with E-state index in [1.807, 2.05) is 4.90 Å². The van der Waals surface area contributed by atoms with Gasteiger partial charge in [-0.2, -0.15) is 18.3 Å². The zero-order chi connectivity index (χ0) is 27.8. The topological polar surface area (TPSA) is 110 Å². The fourth-order valence-corrected chi connectivity index (χ4v) is 4.74. The SMILES string of the molecule is CCOC(=O)CO[C@H]1CC[C@@H](NC(=O)CN2CCN(c3nncc(-c4ccc(C(F)(F)F)cc4)n3)CC2)CC1. The standard InChI is InChI=1S/C26H33F3N6O4/c1-2-38-24(37)17-39-21-9-7-20(8-10-21)31-23(36)16-34-11-13-35(14-12-34)25-32-22(15-30-33-25)18-3-5-19(6-4-18)26(27,28)29/h3-6,15,20-21H,2,7-14,16-17H2,1H3,(H,31,36)/t20-,21+. The molecule has 0 atom stereocenters. The number of hydrogen-bond donors (Lipinski definition) is 1. The third-order valence-electron chi connectivity index (χ3n) is 6.86. The van der Waals surface area contributed by atoms with Crippen molar-refractivity contribution in [2.45, 2.75) is 50.9 Å². The summed E-state index contributed by atoms with van der Waals surface area (Å²) < 4.78 is 49.0. The number of carbonyl (C=O) groups is 2. The summed E-state index contributed by atoms with van der Waals surface area (Å²) in [5.41, 5.74) is 0.243. The molecule has 1 aromatic heterocycles. The van der Waals surface area contributed by atoms with Crippen LogP contribution >= 0.6 is 0 Å². The molecule has 1 N–H and O–H groups in total. The molecule has 2 fully saturated rings. The molecule has 2 aliphatic rings. The number of piperazine rings is 1. The van der Waals surface area contributed by atoms with E-state index >= 15 is 0 Å². The maximum absolute atomic E-state index is 12.8. The van der Waals surface area contributed by atoms with Gasteiger partial charge in [0.2, 0.25) is 11.9 Å². The van der Waals surface area contributed by atoms with Gasteiger partial charge in [0.05, 0.1) is 36.7 Å². The van der Waals surface area contributed by atoms with Crippen molar-refractivity contribution in [1.29, 1.82) is 0 Å². The number of anilines is 1. The minimum Gasteiger partial charge on any atom is -0.464 e. The highest BCUT2D eigenvalue weighted by atomic mass is 19.4. The Bertz CT molecular complexity index is 1100. The summed E-state index contributed by atoms with van der Waals surface area (Å²) in [7, 11) is 0. The first-order valence-electron chi connectivity index (χ1n) is 13.1. The maximum atomic E-state index is 12.8. The molecule has 1 aliphatic carbocycles. The number of carbonyl (C=O) groups excluding carboxylic acids is 2. The van der Waals surface area contributed by atoms with E-state index in [-0.39, 0.29) is 37.2 Å². The van der Waals surface area contributed by atoms with Gasteiger partial charge in [0, 0.05) is 37.8 Å². The van der Waals surface area contributed by atoms with Gasteiger partial charge in [-0.15, -0.1) is 5.10 Å². The van der Waals surface area contributed by atoms with E-state index in [4.69, 9.17) is 9.47 Å². The first-order valence-corrected chi connectivity index (χ1v) is 13.1. The van der Waals surface area contributed by atoms with Crippen molar-refractivity contribution < 1.29 is 32.2 Å². The number of nitrogens with one attached hydrogen (secondary N) is 1. The maximum Gasteiger partial charge on any atom is 0.416 e. The van der Waals surface area contributed by atoms with Crippen molar-refractivity contribution in [1.82, 2.24) is 25.4 Å². The van der Waals surface area contributed by atoms with Gasteiger partial charge in [-0.3, -0.25) is 9.69 Å². The van der Waals surface area contributed by atoms with E-state index < -0.39 is 11.7 Å². The van der Waals surface area contributed by atoms with Crippen molar-refractivity contribution in [3.05, 3.63) is 36.0 Å². The molecular weight excluding hydrogens is 517 g/mol. The first kappa shape index (κ1) is 28.7. The summed E-state index contributed by atoms with van der Waals surface area (Å²) >= 11 is 0. The lowest BCUT2D eigenvalue weighted by molar-refractivity contribution is -0.151. The summed E-state index contributed by atoms with van der Waals surface area (Å²) in [6, 6.07) is 4.87. The predicted octanol–water partition coefficient (Wildman–Crippen LogP) is 2.69. The van der Waals surface area contributed by atoms with E-state index in [1.165, 1.54) is 18.3 Å². The normalized spacial score (nSPS) is 20.5. The second-order valence-corrected chi connectivity index (χ2v) is 9.64. The molecule has 1 aromatic carbocycles. The van der Waals surface area contributed by atoms with E-state index in [1.54, 1.807) is 6.92 Å². The molecule has 2 heterocycles. The van der Waals surface area contributed by atoms with Crippen LogP contribution in [0.4, 0.5) is 19.1 Å². The van der Waals surface area contributed by atoms with Crippen molar-refractivity contribution >= 4 is 17.8 Å². The molecule has 0 radical (unpaired) electrons. The zero-order valence-electron chi connectivity index (χ0n) is 21.8. The number of aromatic nitrogens is 3. The number of rotatable bonds is 9. The largest absolute Gasteiger partial charge is 0.464 e. The number of hydrogen-bond acceptors (Lipinski definition) is 9. The number of alkyl halides is 3. The fourth-order valence-electron chi connectivity index (χ4n) is 4.74. The monoisotopic (exact) mass is 550 g/mol. The highest BCUT2D eigenvalue weighted by Crippen LogP contribution is 2.30. The van der Waals surface area contributed by atoms with Crippen LogP contribution in [0.1, 0.15) is 38.2 Å². The van der Waals surface area contributed by atoms with Crippen LogP contribution < -0.4 is 10.2 Å². The Morgan fingerprint density at radius 2 is 1.74 bits per heavy atom. The molecule has 2 aromatic rings. The molecule has 1 saturated carbocycles. The van der Waals surface area contributed by atoms with Crippen LogP contribution in [0.5, 0.6) is 0 Å². The van der Waals surface area contributed by atoms with Crippen LogP contribution in [0.3, 0.4) is 0 Å². The summed E-state index contributed by atoms with van der Waals surface area (Å²) in [6.45, 7) is 4.79. The van der Waals surface area contributed by atoms with Crippen molar-refractivity contribution in [2.24, 2.45) is 0 Å². The molecule has 4 rings (SSSR count). The molecule has 1 aliphatic heterocycles. The average Bonchev–Trinajstić information content (AvgIpc) is 2.93. The van der Waals surface area contributed by atoms with E-state index in [0.717, 1.165) is 37.8 Å². The summed E-state index contributed by atoms with van der Waals surface area (Å²) in [6.07, 6.45) is 0.187.